The van der Waals surface area contributed by atoms with Gasteiger partial charge in [0.15, 0.2) is 0 Å². The van der Waals surface area contributed by atoms with E-state index < -0.39 is 20.4 Å². The van der Waals surface area contributed by atoms with Gasteiger partial charge in [0, 0.05) is 0 Å². The normalized spacial score (nSPS) is 38.0. The van der Waals surface area contributed by atoms with Crippen LogP contribution in [0.25, 0.3) is 0 Å². The van der Waals surface area contributed by atoms with Crippen molar-refractivity contribution in [1.29, 1.82) is 0 Å². The summed E-state index contributed by atoms with van der Waals surface area (Å²) < 4.78 is 2.17. The van der Waals surface area contributed by atoms with E-state index in [0.717, 1.165) is 54.6 Å². The van der Waals surface area contributed by atoms with Gasteiger partial charge in [-0.25, -0.2) is 0 Å². The van der Waals surface area contributed by atoms with Gasteiger partial charge in [0.25, 0.3) is 0 Å². The van der Waals surface area contributed by atoms with Crippen molar-refractivity contribution in [3.05, 3.63) is 48.6 Å². The van der Waals surface area contributed by atoms with Crippen LogP contribution < -0.4 is 24.8 Å². The van der Waals surface area contributed by atoms with Gasteiger partial charge in [0.1, 0.15) is 0 Å². The van der Waals surface area contributed by atoms with Crippen molar-refractivity contribution in [2.45, 2.75) is 60.9 Å². The van der Waals surface area contributed by atoms with E-state index in [4.69, 9.17) is 0 Å². The van der Waals surface area contributed by atoms with E-state index in [1.165, 1.54) is 12.8 Å². The Balaban J connectivity index is 0.00000160. The predicted octanol–water partition coefficient (Wildman–Crippen LogP) is 1.51. The number of fused-ring (bicyclic) bond motifs is 2. The minimum absolute atomic E-state index is 0. The molecule has 4 heteroatoms. The Morgan fingerprint density at radius 1 is 0.667 bits per heavy atom. The van der Waals surface area contributed by atoms with Crippen LogP contribution in [-0.2, 0) is 20.4 Å². The zero-order chi connectivity index (χ0) is 20.0. The monoisotopic (exact) mass is 540 g/mol. The fourth-order valence-corrected chi connectivity index (χ4v) is 32.9. The summed E-state index contributed by atoms with van der Waals surface area (Å²) in [5.41, 5.74) is -0.188. The molecule has 0 bridgehead atoms. The van der Waals surface area contributed by atoms with Crippen LogP contribution >= 0.6 is 0 Å². The minimum Gasteiger partial charge on any atom is -1.00 e. The number of hydrogen-bond donors (Lipinski definition) is 0. The quantitative estimate of drug-likeness (QED) is 0.473. The molecule has 0 aliphatic heterocycles. The van der Waals surface area contributed by atoms with Gasteiger partial charge in [0.05, 0.1) is 0 Å². The number of allylic oxidation sites excluding steroid dienone is 8. The maximum absolute atomic E-state index is 2.72. The van der Waals surface area contributed by atoms with Crippen LogP contribution in [0.5, 0.6) is 0 Å². The third kappa shape index (κ3) is 4.93. The largest absolute Gasteiger partial charge is 1.00 e. The van der Waals surface area contributed by atoms with E-state index in [1.807, 2.05) is 0 Å². The summed E-state index contributed by atoms with van der Waals surface area (Å²) in [4.78, 5) is 0. The molecule has 0 amide bonds. The summed E-state index contributed by atoms with van der Waals surface area (Å²) in [7, 11) is 0. The molecule has 0 N–H and O–H groups in total. The third-order valence-corrected chi connectivity index (χ3v) is 29.6. The van der Waals surface area contributed by atoms with Gasteiger partial charge in [-0.15, -0.1) is 0 Å². The zero-order valence-corrected chi connectivity index (χ0v) is 24.5. The van der Waals surface area contributed by atoms with Crippen molar-refractivity contribution in [3.8, 4) is 0 Å². The van der Waals surface area contributed by atoms with Crippen molar-refractivity contribution in [1.82, 2.24) is 0 Å². The van der Waals surface area contributed by atoms with Gasteiger partial charge in [-0.1, -0.05) is 0 Å². The fourth-order valence-electron chi connectivity index (χ4n) is 7.22. The molecule has 4 aliphatic rings. The smallest absolute Gasteiger partial charge is 1.00 e. The van der Waals surface area contributed by atoms with Crippen molar-refractivity contribution < 1.29 is 45.2 Å². The topological polar surface area (TPSA) is 0 Å². The average Bonchev–Trinajstić information content (AvgIpc) is 3.22. The first kappa shape index (κ1) is 26.9. The summed E-state index contributed by atoms with van der Waals surface area (Å²) in [6.07, 6.45) is 22.8. The molecule has 8 atom stereocenters. The molecular formula is C26H40Cl2SiZr. The molecule has 0 aromatic rings. The summed E-state index contributed by atoms with van der Waals surface area (Å²) >= 11 is -1.66. The second kappa shape index (κ2) is 11.2. The van der Waals surface area contributed by atoms with Crippen molar-refractivity contribution in [2.24, 2.45) is 47.3 Å². The molecule has 0 aromatic carbocycles. The van der Waals surface area contributed by atoms with Gasteiger partial charge in [-0.2, -0.15) is 0 Å². The van der Waals surface area contributed by atoms with E-state index in [-0.39, 0.29) is 30.2 Å². The van der Waals surface area contributed by atoms with Gasteiger partial charge >= 0.3 is 183 Å². The maximum atomic E-state index is 2.72. The molecule has 166 valence electrons. The summed E-state index contributed by atoms with van der Waals surface area (Å²) in [6, 6.07) is 0. The van der Waals surface area contributed by atoms with Crippen molar-refractivity contribution in [3.63, 3.8) is 0 Å². The molecule has 8 unspecified atom stereocenters. The van der Waals surface area contributed by atoms with Crippen LogP contribution in [0.1, 0.15) is 40.5 Å². The Morgan fingerprint density at radius 2 is 1.03 bits per heavy atom. The molecule has 0 nitrogen and oxygen atoms in total. The van der Waals surface area contributed by atoms with Gasteiger partial charge in [-0.05, 0) is 0 Å². The van der Waals surface area contributed by atoms with Crippen molar-refractivity contribution in [2.75, 3.05) is 0 Å². The molecule has 30 heavy (non-hydrogen) atoms. The Morgan fingerprint density at radius 3 is 1.37 bits per heavy atom. The second-order valence-electron chi connectivity index (χ2n) is 10.8. The van der Waals surface area contributed by atoms with E-state index in [1.54, 1.807) is 0 Å². The number of rotatable bonds is 4. The van der Waals surface area contributed by atoms with Gasteiger partial charge < -0.3 is 24.8 Å². The molecule has 2 saturated carbocycles. The predicted molar refractivity (Wildman–Crippen MR) is 121 cm³/mol. The Kier molecular flexibility index (Phi) is 10.0. The van der Waals surface area contributed by atoms with Crippen LogP contribution in [0.4, 0.5) is 0 Å². The molecule has 0 saturated heterocycles. The summed E-state index contributed by atoms with van der Waals surface area (Å²) in [6.45, 7) is 15.6. The number of hydrogen-bond acceptors (Lipinski definition) is 0. The van der Waals surface area contributed by atoms with Gasteiger partial charge in [-0.3, -0.25) is 0 Å². The van der Waals surface area contributed by atoms with E-state index in [9.17, 15) is 0 Å². The van der Waals surface area contributed by atoms with Crippen LogP contribution in [0, 0.1) is 47.3 Å². The minimum atomic E-state index is -1.66. The first-order valence-corrected chi connectivity index (χ1v) is 20.8. The first-order valence-electron chi connectivity index (χ1n) is 11.8. The van der Waals surface area contributed by atoms with Crippen LogP contribution in [0.15, 0.2) is 48.6 Å². The maximum Gasteiger partial charge on any atom is -1.00 e. The van der Waals surface area contributed by atoms with Crippen LogP contribution in [-0.4, -0.2) is 5.43 Å². The Bertz CT molecular complexity index is 688. The SMILES string of the molecule is CC(C)C1CC2C=CC=CC2[CH]1[Zr+2]([CH]1C2C=CC=CC2CC1C(C)C)=[Si](C)C.[Cl-].[Cl-]. The van der Waals surface area contributed by atoms with E-state index in [0.29, 0.717) is 0 Å². The second-order valence-corrected chi connectivity index (χ2v) is 29.1. The van der Waals surface area contributed by atoms with Crippen molar-refractivity contribution >= 4 is 5.43 Å². The summed E-state index contributed by atoms with van der Waals surface area (Å²) in [5, 5.41) is 0. The molecule has 0 heterocycles. The van der Waals surface area contributed by atoms with E-state index in [2.05, 4.69) is 89.4 Å². The molecule has 4 aliphatic carbocycles. The van der Waals surface area contributed by atoms with Crippen LogP contribution in [0.3, 0.4) is 0 Å². The average molecular weight is 543 g/mol. The molecule has 0 aromatic heterocycles. The Labute approximate surface area is 206 Å². The zero-order valence-electron chi connectivity index (χ0n) is 19.6. The van der Waals surface area contributed by atoms with E-state index >= 15 is 0 Å². The number of halogens is 2. The molecule has 0 spiro atoms. The standard InChI is InChI=1S/2C12H17.C2H6Si.2ClH.Zr/c2*1-9(2)12-7-10-5-3-4-6-11(10)8-12;1-3-2;;;/h2*3-7,9-12H,8H2,1-2H3;1-2H3;2*1H;/q;;;;;+2/p-2. The van der Waals surface area contributed by atoms with Gasteiger partial charge in [0.2, 0.25) is 0 Å². The molecule has 0 radical (unpaired) electrons. The van der Waals surface area contributed by atoms with Crippen LogP contribution in [0.2, 0.25) is 20.3 Å². The summed E-state index contributed by atoms with van der Waals surface area (Å²) in [5.74, 6) is 7.10. The molecular weight excluding hydrogens is 503 g/mol. The Hall–Kier alpha value is 0.640. The first-order chi connectivity index (χ1) is 13.4. The fraction of sp³-hybridized carbons (Fsp3) is 0.692. The molecule has 4 rings (SSSR count). The third-order valence-electron chi connectivity index (χ3n) is 8.44. The molecule has 2 fully saturated rings.